The predicted octanol–water partition coefficient (Wildman–Crippen LogP) is 1.71. The van der Waals surface area contributed by atoms with E-state index in [9.17, 15) is 9.59 Å². The van der Waals surface area contributed by atoms with Crippen LogP contribution in [-0.2, 0) is 14.3 Å². The first-order chi connectivity index (χ1) is 10.1. The van der Waals surface area contributed by atoms with E-state index in [0.717, 1.165) is 38.5 Å². The molecule has 0 bridgehead atoms. The Bertz CT molecular complexity index is 391. The second kappa shape index (κ2) is 6.77. The average molecular weight is 296 g/mol. The highest BCUT2D eigenvalue weighted by Gasteiger charge is 2.53. The largest absolute Gasteiger partial charge is 0.383 e. The summed E-state index contributed by atoms with van der Waals surface area (Å²) < 4.78 is 5.16. The van der Waals surface area contributed by atoms with Gasteiger partial charge in [0, 0.05) is 13.7 Å². The van der Waals surface area contributed by atoms with Gasteiger partial charge < -0.3 is 15.0 Å². The van der Waals surface area contributed by atoms with Crippen LogP contribution in [0.25, 0.3) is 0 Å². The van der Waals surface area contributed by atoms with E-state index in [1.165, 1.54) is 0 Å². The Morgan fingerprint density at radius 2 is 2.00 bits per heavy atom. The molecule has 5 heteroatoms. The van der Waals surface area contributed by atoms with Crippen LogP contribution in [0.4, 0.5) is 0 Å². The Morgan fingerprint density at radius 3 is 2.57 bits per heavy atom. The molecule has 2 unspecified atom stereocenters. The highest BCUT2D eigenvalue weighted by Crippen LogP contribution is 2.37. The fourth-order valence-corrected chi connectivity index (χ4v) is 3.60. The summed E-state index contributed by atoms with van der Waals surface area (Å²) in [4.78, 5) is 27.5. The fourth-order valence-electron chi connectivity index (χ4n) is 3.60. The molecule has 1 spiro atoms. The molecule has 5 nitrogen and oxygen atoms in total. The summed E-state index contributed by atoms with van der Waals surface area (Å²) in [7, 11) is 1.63. The van der Waals surface area contributed by atoms with Gasteiger partial charge in [-0.15, -0.1) is 0 Å². The minimum absolute atomic E-state index is 0.0446. The highest BCUT2D eigenvalue weighted by molar-refractivity contribution is 6.00. The zero-order chi connectivity index (χ0) is 15.5. The van der Waals surface area contributed by atoms with Crippen molar-refractivity contribution in [2.45, 2.75) is 64.0 Å². The molecule has 1 aliphatic heterocycles. The van der Waals surface area contributed by atoms with Gasteiger partial charge >= 0.3 is 0 Å². The van der Waals surface area contributed by atoms with Crippen molar-refractivity contribution < 1.29 is 14.3 Å². The second-order valence-corrected chi connectivity index (χ2v) is 6.41. The zero-order valence-electron chi connectivity index (χ0n) is 13.5. The molecule has 2 amide bonds. The third kappa shape index (κ3) is 2.93. The highest BCUT2D eigenvalue weighted by atomic mass is 16.5. The minimum Gasteiger partial charge on any atom is -0.383 e. The lowest BCUT2D eigenvalue weighted by atomic mass is 9.76. The summed E-state index contributed by atoms with van der Waals surface area (Å²) in [6.07, 6.45) is 5.61. The van der Waals surface area contributed by atoms with E-state index < -0.39 is 5.54 Å². The molecule has 1 N–H and O–H groups in total. The van der Waals surface area contributed by atoms with Gasteiger partial charge in [-0.3, -0.25) is 9.59 Å². The van der Waals surface area contributed by atoms with Crippen LogP contribution < -0.4 is 5.32 Å². The summed E-state index contributed by atoms with van der Waals surface area (Å²) in [5.41, 5.74) is -0.627. The third-order valence-corrected chi connectivity index (χ3v) is 5.17. The monoisotopic (exact) mass is 296 g/mol. The molecule has 1 aliphatic carbocycles. The van der Waals surface area contributed by atoms with Gasteiger partial charge in [0.2, 0.25) is 11.8 Å². The molecule has 2 atom stereocenters. The van der Waals surface area contributed by atoms with E-state index in [4.69, 9.17) is 4.74 Å². The molecule has 1 saturated carbocycles. The molecular formula is C16H28N2O3. The lowest BCUT2D eigenvalue weighted by Gasteiger charge is -2.50. The number of amides is 2. The SMILES string of the molecule is CCC(C)C1NC(=O)C2(CCCCC2)N(CCOC)C1=O. The number of nitrogens with zero attached hydrogens (tertiary/aromatic N) is 1. The Labute approximate surface area is 127 Å². The van der Waals surface area contributed by atoms with Crippen LogP contribution in [0.2, 0.25) is 0 Å². The molecule has 21 heavy (non-hydrogen) atoms. The Kier molecular flexibility index (Phi) is 5.25. The van der Waals surface area contributed by atoms with E-state index >= 15 is 0 Å². The van der Waals surface area contributed by atoms with Crippen molar-refractivity contribution in [1.29, 1.82) is 0 Å². The minimum atomic E-state index is -0.627. The maximum atomic E-state index is 12.9. The molecule has 0 radical (unpaired) electrons. The molecular weight excluding hydrogens is 268 g/mol. The van der Waals surface area contributed by atoms with Crippen molar-refractivity contribution in [3.05, 3.63) is 0 Å². The summed E-state index contributed by atoms with van der Waals surface area (Å²) in [5, 5.41) is 3.01. The summed E-state index contributed by atoms with van der Waals surface area (Å²) >= 11 is 0. The number of methoxy groups -OCH3 is 1. The number of piperazine rings is 1. The Balaban J connectivity index is 2.28. The fraction of sp³-hybridized carbons (Fsp3) is 0.875. The number of hydrogen-bond acceptors (Lipinski definition) is 3. The van der Waals surface area contributed by atoms with E-state index in [2.05, 4.69) is 12.2 Å². The molecule has 2 fully saturated rings. The average Bonchev–Trinajstić information content (AvgIpc) is 2.51. The third-order valence-electron chi connectivity index (χ3n) is 5.17. The topological polar surface area (TPSA) is 58.6 Å². The number of ether oxygens (including phenoxy) is 1. The number of nitrogens with one attached hydrogen (secondary N) is 1. The van der Waals surface area contributed by atoms with Crippen LogP contribution in [-0.4, -0.2) is 48.6 Å². The second-order valence-electron chi connectivity index (χ2n) is 6.41. The maximum absolute atomic E-state index is 12.9. The Hall–Kier alpha value is -1.10. The number of rotatable bonds is 5. The van der Waals surface area contributed by atoms with Crippen LogP contribution in [0.1, 0.15) is 52.4 Å². The van der Waals surface area contributed by atoms with Gasteiger partial charge in [0.05, 0.1) is 6.61 Å². The molecule has 1 saturated heterocycles. The molecule has 2 rings (SSSR count). The van der Waals surface area contributed by atoms with E-state index in [0.29, 0.717) is 13.2 Å². The molecule has 120 valence electrons. The van der Waals surface area contributed by atoms with Gasteiger partial charge in [0.25, 0.3) is 0 Å². The molecule has 0 aromatic carbocycles. The summed E-state index contributed by atoms with van der Waals surface area (Å²) in [6, 6.07) is -0.382. The lowest BCUT2D eigenvalue weighted by molar-refractivity contribution is -0.162. The number of hydrogen-bond donors (Lipinski definition) is 1. The van der Waals surface area contributed by atoms with Gasteiger partial charge in [-0.05, 0) is 18.8 Å². The maximum Gasteiger partial charge on any atom is 0.246 e. The van der Waals surface area contributed by atoms with Gasteiger partial charge in [-0.2, -0.15) is 0 Å². The Morgan fingerprint density at radius 1 is 1.33 bits per heavy atom. The lowest BCUT2D eigenvalue weighted by Crippen LogP contribution is -2.72. The molecule has 2 aliphatic rings. The van der Waals surface area contributed by atoms with Gasteiger partial charge in [0.1, 0.15) is 11.6 Å². The van der Waals surface area contributed by atoms with Crippen LogP contribution in [0, 0.1) is 5.92 Å². The summed E-state index contributed by atoms with van der Waals surface area (Å²) in [5.74, 6) is 0.276. The quantitative estimate of drug-likeness (QED) is 0.840. The van der Waals surface area contributed by atoms with Crippen molar-refractivity contribution in [2.24, 2.45) is 5.92 Å². The van der Waals surface area contributed by atoms with Gasteiger partial charge in [-0.1, -0.05) is 39.5 Å². The van der Waals surface area contributed by atoms with Crippen LogP contribution >= 0.6 is 0 Å². The first kappa shape index (κ1) is 16.3. The predicted molar refractivity (Wildman–Crippen MR) is 80.8 cm³/mol. The normalized spacial score (nSPS) is 26.8. The van der Waals surface area contributed by atoms with Crippen LogP contribution in [0.15, 0.2) is 0 Å². The number of carbonyl (C=O) groups excluding carboxylic acids is 2. The van der Waals surface area contributed by atoms with Crippen molar-refractivity contribution >= 4 is 11.8 Å². The van der Waals surface area contributed by atoms with Gasteiger partial charge in [-0.25, -0.2) is 0 Å². The van der Waals surface area contributed by atoms with Crippen LogP contribution in [0.5, 0.6) is 0 Å². The molecule has 0 aromatic rings. The standard InChI is InChI=1S/C16H28N2O3/c1-4-12(2)13-14(19)18(10-11-21-3)16(15(20)17-13)8-6-5-7-9-16/h12-13H,4-11H2,1-3H3,(H,17,20). The van der Waals surface area contributed by atoms with E-state index in [1.54, 1.807) is 7.11 Å². The van der Waals surface area contributed by atoms with Crippen LogP contribution in [0.3, 0.4) is 0 Å². The smallest absolute Gasteiger partial charge is 0.246 e. The summed E-state index contributed by atoms with van der Waals surface area (Å²) in [6.45, 7) is 5.06. The van der Waals surface area contributed by atoms with Gasteiger partial charge in [0.15, 0.2) is 0 Å². The van der Waals surface area contributed by atoms with Crippen molar-refractivity contribution in [3.63, 3.8) is 0 Å². The molecule has 0 aromatic heterocycles. The first-order valence-electron chi connectivity index (χ1n) is 8.18. The molecule has 1 heterocycles. The van der Waals surface area contributed by atoms with E-state index in [-0.39, 0.29) is 23.8 Å². The van der Waals surface area contributed by atoms with Crippen molar-refractivity contribution in [1.82, 2.24) is 10.2 Å². The first-order valence-corrected chi connectivity index (χ1v) is 8.18. The van der Waals surface area contributed by atoms with E-state index in [1.807, 2.05) is 11.8 Å². The zero-order valence-corrected chi connectivity index (χ0v) is 13.5. The van der Waals surface area contributed by atoms with Crippen molar-refractivity contribution in [3.8, 4) is 0 Å². The number of carbonyl (C=O) groups is 2. The van der Waals surface area contributed by atoms with Crippen molar-refractivity contribution in [2.75, 3.05) is 20.3 Å².